The summed E-state index contributed by atoms with van der Waals surface area (Å²) in [5.41, 5.74) is 3.52. The molecule has 2 aromatic rings. The van der Waals surface area contributed by atoms with Gasteiger partial charge in [0.05, 0.1) is 18.8 Å². The van der Waals surface area contributed by atoms with E-state index in [1.54, 1.807) is 18.4 Å². The van der Waals surface area contributed by atoms with E-state index in [0.717, 1.165) is 23.3 Å². The zero-order valence-corrected chi connectivity index (χ0v) is 15.7. The van der Waals surface area contributed by atoms with Gasteiger partial charge in [-0.15, -0.1) is 11.3 Å². The summed E-state index contributed by atoms with van der Waals surface area (Å²) in [5, 5.41) is 7.74. The first-order valence-corrected chi connectivity index (χ1v) is 8.97. The van der Waals surface area contributed by atoms with E-state index >= 15 is 0 Å². The number of benzene rings is 1. The number of ether oxygens (including phenoxy) is 1. The zero-order chi connectivity index (χ0) is 17.4. The summed E-state index contributed by atoms with van der Waals surface area (Å²) in [4.78, 5) is 10.1. The smallest absolute Gasteiger partial charge is 0.191 e. The first-order valence-electron chi connectivity index (χ1n) is 8.16. The number of nitrogens with one attached hydrogen (secondary N) is 2. The van der Waals surface area contributed by atoms with Crippen LogP contribution in [0.4, 0.5) is 0 Å². The van der Waals surface area contributed by atoms with Crippen molar-refractivity contribution in [2.24, 2.45) is 4.99 Å². The fourth-order valence-electron chi connectivity index (χ4n) is 2.26. The van der Waals surface area contributed by atoms with Crippen LogP contribution in [0.25, 0.3) is 0 Å². The third kappa shape index (κ3) is 5.32. The van der Waals surface area contributed by atoms with Crippen molar-refractivity contribution in [2.75, 3.05) is 13.7 Å². The van der Waals surface area contributed by atoms with E-state index in [4.69, 9.17) is 4.74 Å². The Balaban J connectivity index is 1.89. The molecule has 0 amide bonds. The second-order valence-electron chi connectivity index (χ2n) is 5.43. The van der Waals surface area contributed by atoms with E-state index in [0.29, 0.717) is 19.7 Å². The van der Waals surface area contributed by atoms with Crippen molar-refractivity contribution in [1.29, 1.82) is 0 Å². The normalized spacial score (nSPS) is 11.6. The SMILES string of the molecule is CCOCc1ccccc1CNC(=NC)NCc1nc(C)c(C)s1. The van der Waals surface area contributed by atoms with Crippen LogP contribution in [0.2, 0.25) is 0 Å². The van der Waals surface area contributed by atoms with Crippen LogP contribution in [0, 0.1) is 13.8 Å². The Kier molecular flexibility index (Phi) is 7.21. The highest BCUT2D eigenvalue weighted by molar-refractivity contribution is 7.11. The third-order valence-corrected chi connectivity index (χ3v) is 4.80. The highest BCUT2D eigenvalue weighted by Gasteiger charge is 2.06. The topological polar surface area (TPSA) is 58.5 Å². The van der Waals surface area contributed by atoms with Crippen molar-refractivity contribution in [3.63, 3.8) is 0 Å². The van der Waals surface area contributed by atoms with Gasteiger partial charge in [0, 0.05) is 25.1 Å². The monoisotopic (exact) mass is 346 g/mol. The van der Waals surface area contributed by atoms with Gasteiger partial charge in [0.15, 0.2) is 5.96 Å². The molecule has 2 rings (SSSR count). The average Bonchev–Trinajstić information content (AvgIpc) is 2.92. The fourth-order valence-corrected chi connectivity index (χ4v) is 3.13. The molecule has 1 aromatic carbocycles. The molecule has 0 fully saturated rings. The van der Waals surface area contributed by atoms with Crippen LogP contribution >= 0.6 is 11.3 Å². The summed E-state index contributed by atoms with van der Waals surface area (Å²) < 4.78 is 5.53. The van der Waals surface area contributed by atoms with Crippen LogP contribution < -0.4 is 10.6 Å². The van der Waals surface area contributed by atoms with Crippen LogP contribution in [0.1, 0.15) is 33.6 Å². The second-order valence-corrected chi connectivity index (χ2v) is 6.72. The minimum absolute atomic E-state index is 0.637. The van der Waals surface area contributed by atoms with Gasteiger partial charge in [-0.3, -0.25) is 4.99 Å². The highest BCUT2D eigenvalue weighted by Crippen LogP contribution is 2.16. The predicted molar refractivity (Wildman–Crippen MR) is 100 cm³/mol. The zero-order valence-electron chi connectivity index (χ0n) is 14.8. The van der Waals surface area contributed by atoms with Crippen molar-refractivity contribution >= 4 is 17.3 Å². The van der Waals surface area contributed by atoms with Crippen molar-refractivity contribution in [1.82, 2.24) is 15.6 Å². The molecule has 1 aromatic heterocycles. The van der Waals surface area contributed by atoms with Crippen LogP contribution in [-0.4, -0.2) is 24.6 Å². The first-order chi connectivity index (χ1) is 11.6. The molecule has 24 heavy (non-hydrogen) atoms. The predicted octanol–water partition coefficient (Wildman–Crippen LogP) is 3.16. The van der Waals surface area contributed by atoms with Gasteiger partial charge in [-0.05, 0) is 31.9 Å². The summed E-state index contributed by atoms with van der Waals surface area (Å²) in [6.45, 7) is 8.89. The minimum atomic E-state index is 0.637. The molecule has 5 nitrogen and oxygen atoms in total. The molecule has 0 unspecified atom stereocenters. The molecule has 2 N–H and O–H groups in total. The molecule has 0 spiro atoms. The number of rotatable bonds is 7. The van der Waals surface area contributed by atoms with E-state index in [1.165, 1.54) is 16.0 Å². The van der Waals surface area contributed by atoms with Gasteiger partial charge in [-0.2, -0.15) is 0 Å². The quantitative estimate of drug-likeness (QED) is 0.597. The maximum atomic E-state index is 5.53. The van der Waals surface area contributed by atoms with E-state index < -0.39 is 0 Å². The second kappa shape index (κ2) is 9.39. The number of aliphatic imine (C=N–C) groups is 1. The third-order valence-electron chi connectivity index (χ3n) is 3.73. The summed E-state index contributed by atoms with van der Waals surface area (Å²) in [5.74, 6) is 0.770. The lowest BCUT2D eigenvalue weighted by Crippen LogP contribution is -2.36. The van der Waals surface area contributed by atoms with Crippen LogP contribution in [0.5, 0.6) is 0 Å². The summed E-state index contributed by atoms with van der Waals surface area (Å²) in [6.07, 6.45) is 0. The Morgan fingerprint density at radius 1 is 1.17 bits per heavy atom. The molecule has 1 heterocycles. The Morgan fingerprint density at radius 2 is 1.88 bits per heavy atom. The lowest BCUT2D eigenvalue weighted by atomic mass is 10.1. The van der Waals surface area contributed by atoms with E-state index in [9.17, 15) is 0 Å². The van der Waals surface area contributed by atoms with E-state index in [1.807, 2.05) is 26.0 Å². The van der Waals surface area contributed by atoms with Gasteiger partial charge < -0.3 is 15.4 Å². The maximum Gasteiger partial charge on any atom is 0.191 e. The van der Waals surface area contributed by atoms with Gasteiger partial charge >= 0.3 is 0 Å². The van der Waals surface area contributed by atoms with Gasteiger partial charge in [0.2, 0.25) is 0 Å². The van der Waals surface area contributed by atoms with Gasteiger partial charge in [-0.25, -0.2) is 4.98 Å². The van der Waals surface area contributed by atoms with Gasteiger partial charge in [0.1, 0.15) is 5.01 Å². The molecule has 0 radical (unpaired) electrons. The maximum absolute atomic E-state index is 5.53. The fraction of sp³-hybridized carbons (Fsp3) is 0.444. The number of guanidine groups is 1. The minimum Gasteiger partial charge on any atom is -0.377 e. The molecule has 0 aliphatic rings. The molecule has 0 bridgehead atoms. The Morgan fingerprint density at radius 3 is 2.50 bits per heavy atom. The van der Waals surface area contributed by atoms with Crippen LogP contribution in [0.3, 0.4) is 0 Å². The summed E-state index contributed by atoms with van der Waals surface area (Å²) in [6, 6.07) is 8.30. The lowest BCUT2D eigenvalue weighted by molar-refractivity contribution is 0.133. The number of aryl methyl sites for hydroxylation is 2. The first kappa shape index (κ1) is 18.4. The van der Waals surface area contributed by atoms with Crippen LogP contribution in [-0.2, 0) is 24.4 Å². The van der Waals surface area contributed by atoms with E-state index in [-0.39, 0.29) is 0 Å². The molecule has 0 aliphatic carbocycles. The molecular formula is C18H26N4OS. The largest absolute Gasteiger partial charge is 0.377 e. The molecule has 0 saturated carbocycles. The van der Waals surface area contributed by atoms with Crippen molar-refractivity contribution in [3.8, 4) is 0 Å². The number of hydrogen-bond donors (Lipinski definition) is 2. The van der Waals surface area contributed by atoms with Gasteiger partial charge in [0.25, 0.3) is 0 Å². The standard InChI is InChI=1S/C18H26N4OS/c1-5-23-12-16-9-7-6-8-15(16)10-20-18(19-4)21-11-17-22-13(2)14(3)24-17/h6-9H,5,10-12H2,1-4H3,(H2,19,20,21). The van der Waals surface area contributed by atoms with Crippen molar-refractivity contribution in [2.45, 2.75) is 40.5 Å². The molecule has 6 heteroatoms. The number of aromatic nitrogens is 1. The number of thiazole rings is 1. The lowest BCUT2D eigenvalue weighted by Gasteiger charge is -2.13. The van der Waals surface area contributed by atoms with Crippen molar-refractivity contribution < 1.29 is 4.74 Å². The van der Waals surface area contributed by atoms with Crippen LogP contribution in [0.15, 0.2) is 29.3 Å². The Bertz CT molecular complexity index is 662. The average molecular weight is 347 g/mol. The molecule has 0 saturated heterocycles. The Hall–Kier alpha value is -1.92. The van der Waals surface area contributed by atoms with E-state index in [2.05, 4.69) is 39.7 Å². The van der Waals surface area contributed by atoms with Crippen molar-refractivity contribution in [3.05, 3.63) is 51.0 Å². The highest BCUT2D eigenvalue weighted by atomic mass is 32.1. The Labute approximate surface area is 148 Å². The number of nitrogens with zero attached hydrogens (tertiary/aromatic N) is 2. The summed E-state index contributed by atoms with van der Waals surface area (Å²) >= 11 is 1.72. The molecule has 0 aliphatic heterocycles. The number of hydrogen-bond acceptors (Lipinski definition) is 4. The molecule has 0 atom stereocenters. The summed E-state index contributed by atoms with van der Waals surface area (Å²) in [7, 11) is 1.78. The molecular weight excluding hydrogens is 320 g/mol. The van der Waals surface area contributed by atoms with Gasteiger partial charge in [-0.1, -0.05) is 24.3 Å². The molecule has 130 valence electrons.